The summed E-state index contributed by atoms with van der Waals surface area (Å²) in [5.74, 6) is 0.740. The zero-order valence-corrected chi connectivity index (χ0v) is 19.5. The summed E-state index contributed by atoms with van der Waals surface area (Å²) in [6, 6.07) is 16.3. The smallest absolute Gasteiger partial charge is 0.274 e. The normalized spacial score (nSPS) is 17.4. The fourth-order valence-electron chi connectivity index (χ4n) is 5.11. The molecule has 0 fully saturated rings. The quantitative estimate of drug-likeness (QED) is 0.618. The minimum atomic E-state index is -0.119. The molecule has 6 nitrogen and oxygen atoms in total. The summed E-state index contributed by atoms with van der Waals surface area (Å²) in [5.41, 5.74) is 5.76. The zero-order valence-electron chi connectivity index (χ0n) is 19.5. The molecule has 1 unspecified atom stereocenters. The molecule has 1 atom stereocenters. The number of methoxy groups -OCH3 is 1. The van der Waals surface area contributed by atoms with E-state index >= 15 is 0 Å². The highest BCUT2D eigenvalue weighted by atomic mass is 16.5. The number of rotatable bonds is 3. The van der Waals surface area contributed by atoms with Crippen molar-refractivity contribution in [2.75, 3.05) is 18.8 Å². The molecule has 6 heteroatoms. The number of carbonyl (C=O) groups excluding carboxylic acids is 1. The van der Waals surface area contributed by atoms with E-state index in [2.05, 4.69) is 41.4 Å². The Morgan fingerprint density at radius 3 is 2.45 bits per heavy atom. The van der Waals surface area contributed by atoms with Crippen LogP contribution in [0, 0.1) is 6.92 Å². The summed E-state index contributed by atoms with van der Waals surface area (Å²) < 4.78 is 7.42. The van der Waals surface area contributed by atoms with Crippen LogP contribution >= 0.6 is 0 Å². The summed E-state index contributed by atoms with van der Waals surface area (Å²) in [4.78, 5) is 27.8. The van der Waals surface area contributed by atoms with E-state index in [-0.39, 0.29) is 23.4 Å². The van der Waals surface area contributed by atoms with Crippen molar-refractivity contribution in [3.8, 4) is 5.75 Å². The Morgan fingerprint density at radius 2 is 1.70 bits per heavy atom. The van der Waals surface area contributed by atoms with Crippen molar-refractivity contribution in [2.24, 2.45) is 0 Å². The molecule has 0 radical (unpaired) electrons. The number of benzene rings is 2. The molecule has 0 bridgehead atoms. The first kappa shape index (κ1) is 21.3. The third-order valence-corrected chi connectivity index (χ3v) is 6.94. The lowest BCUT2D eigenvalue weighted by molar-refractivity contribution is 0.0625. The summed E-state index contributed by atoms with van der Waals surface area (Å²) in [5, 5.41) is 2.22. The van der Waals surface area contributed by atoms with E-state index in [1.165, 1.54) is 22.3 Å². The minimum Gasteiger partial charge on any atom is -0.497 e. The molecule has 3 aromatic rings. The average Bonchev–Trinajstić information content (AvgIpc) is 2.97. The predicted octanol–water partition coefficient (Wildman–Crippen LogP) is 3.81. The number of ether oxygens (including phenoxy) is 1. The number of aryl methyl sites for hydroxylation is 2. The van der Waals surface area contributed by atoms with E-state index < -0.39 is 0 Å². The number of hydrogen-bond acceptors (Lipinski definition) is 4. The van der Waals surface area contributed by atoms with Crippen molar-refractivity contribution in [1.29, 1.82) is 0 Å². The lowest BCUT2D eigenvalue weighted by atomic mass is 9.93. The number of fused-ring (bicyclic) bond motifs is 3. The van der Waals surface area contributed by atoms with Gasteiger partial charge in [-0.05, 0) is 68.0 Å². The zero-order chi connectivity index (χ0) is 23.3. The Balaban J connectivity index is 1.78. The summed E-state index contributed by atoms with van der Waals surface area (Å²) in [7, 11) is 1.69. The van der Waals surface area contributed by atoms with Gasteiger partial charge in [-0.25, -0.2) is 0 Å². The van der Waals surface area contributed by atoms with Crippen LogP contribution in [-0.4, -0.2) is 35.3 Å². The van der Waals surface area contributed by atoms with E-state index in [4.69, 9.17) is 4.74 Å². The van der Waals surface area contributed by atoms with Gasteiger partial charge in [0.25, 0.3) is 5.91 Å². The van der Waals surface area contributed by atoms with Gasteiger partial charge in [0.05, 0.1) is 13.2 Å². The maximum atomic E-state index is 13.4. The minimum absolute atomic E-state index is 0.000169. The maximum absolute atomic E-state index is 13.4. The number of aromatic nitrogens is 1. The van der Waals surface area contributed by atoms with Gasteiger partial charge in [0.1, 0.15) is 18.1 Å². The lowest BCUT2D eigenvalue weighted by Gasteiger charge is -2.46. The monoisotopic (exact) mass is 443 g/mol. The molecule has 1 amide bonds. The molecule has 0 saturated carbocycles. The van der Waals surface area contributed by atoms with E-state index in [1.807, 2.05) is 29.5 Å². The maximum Gasteiger partial charge on any atom is 0.274 e. The molecule has 2 heterocycles. The summed E-state index contributed by atoms with van der Waals surface area (Å²) in [6.07, 6.45) is 3.59. The molecule has 0 saturated heterocycles. The molecule has 1 aromatic heterocycles. The van der Waals surface area contributed by atoms with Crippen molar-refractivity contribution in [3.63, 3.8) is 0 Å². The van der Waals surface area contributed by atoms with Gasteiger partial charge in [0.15, 0.2) is 5.43 Å². The van der Waals surface area contributed by atoms with E-state index in [9.17, 15) is 9.59 Å². The highest BCUT2D eigenvalue weighted by molar-refractivity contribution is 5.95. The molecule has 2 aromatic carbocycles. The van der Waals surface area contributed by atoms with E-state index in [1.54, 1.807) is 26.3 Å². The van der Waals surface area contributed by atoms with Crippen molar-refractivity contribution in [3.05, 3.63) is 98.5 Å². The fourth-order valence-corrected chi connectivity index (χ4v) is 5.11. The topological polar surface area (TPSA) is 54.8 Å². The van der Waals surface area contributed by atoms with Crippen LogP contribution in [0.5, 0.6) is 5.75 Å². The Hall–Kier alpha value is -3.54. The molecule has 5 rings (SSSR count). The molecular weight excluding hydrogens is 414 g/mol. The van der Waals surface area contributed by atoms with Gasteiger partial charge in [-0.3, -0.25) is 19.3 Å². The third-order valence-electron chi connectivity index (χ3n) is 6.94. The number of hydrogen-bond donors (Lipinski definition) is 0. The van der Waals surface area contributed by atoms with Crippen molar-refractivity contribution >= 4 is 5.91 Å². The first-order valence-electron chi connectivity index (χ1n) is 11.5. The Morgan fingerprint density at radius 1 is 0.970 bits per heavy atom. The standard InChI is InChI=1S/C27H29N3O3/c1-17(2)28-16-30(29-14-13-24(31)18(3)25(29)27(28)32)26-22-8-6-5-7-19(22)9-10-20-15-21(33-4)11-12-23(20)26/h5-8,11-15,17,26H,9-10,16H2,1-4H3. The highest BCUT2D eigenvalue weighted by Gasteiger charge is 2.38. The fraction of sp³-hybridized carbons (Fsp3) is 0.333. The Kier molecular flexibility index (Phi) is 5.23. The number of pyridine rings is 1. The van der Waals surface area contributed by atoms with Gasteiger partial charge < -0.3 is 9.64 Å². The first-order valence-corrected chi connectivity index (χ1v) is 11.5. The van der Waals surface area contributed by atoms with Crippen LogP contribution in [0.1, 0.15) is 58.2 Å². The Labute approximate surface area is 194 Å². The Bertz CT molecular complexity index is 1290. The highest BCUT2D eigenvalue weighted by Crippen LogP contribution is 2.39. The van der Waals surface area contributed by atoms with Crippen molar-refractivity contribution < 1.29 is 9.53 Å². The molecule has 170 valence electrons. The summed E-state index contributed by atoms with van der Waals surface area (Å²) >= 11 is 0. The molecule has 2 aliphatic rings. The second-order valence-corrected chi connectivity index (χ2v) is 9.11. The molecule has 33 heavy (non-hydrogen) atoms. The largest absolute Gasteiger partial charge is 0.497 e. The summed E-state index contributed by atoms with van der Waals surface area (Å²) in [6.45, 7) is 6.20. The van der Waals surface area contributed by atoms with Gasteiger partial charge >= 0.3 is 0 Å². The van der Waals surface area contributed by atoms with E-state index in [0.29, 0.717) is 17.9 Å². The van der Waals surface area contributed by atoms with Crippen LogP contribution in [0.3, 0.4) is 0 Å². The average molecular weight is 444 g/mol. The van der Waals surface area contributed by atoms with Gasteiger partial charge in [-0.1, -0.05) is 30.3 Å². The molecule has 0 spiro atoms. The van der Waals surface area contributed by atoms with Gasteiger partial charge in [-0.2, -0.15) is 0 Å². The second-order valence-electron chi connectivity index (χ2n) is 9.11. The first-order chi connectivity index (χ1) is 15.9. The molecule has 1 aliphatic heterocycles. The van der Waals surface area contributed by atoms with Crippen LogP contribution in [0.15, 0.2) is 59.5 Å². The van der Waals surface area contributed by atoms with Crippen LogP contribution in [0.25, 0.3) is 0 Å². The number of amides is 1. The van der Waals surface area contributed by atoms with Crippen LogP contribution < -0.4 is 15.2 Å². The van der Waals surface area contributed by atoms with Crippen LogP contribution in [0.4, 0.5) is 0 Å². The molecule has 0 N–H and O–H groups in total. The van der Waals surface area contributed by atoms with Crippen LogP contribution in [0.2, 0.25) is 0 Å². The van der Waals surface area contributed by atoms with E-state index in [0.717, 1.165) is 18.6 Å². The van der Waals surface area contributed by atoms with Gasteiger partial charge in [-0.15, -0.1) is 0 Å². The molecular formula is C27H29N3O3. The van der Waals surface area contributed by atoms with Gasteiger partial charge in [0, 0.05) is 23.9 Å². The third kappa shape index (κ3) is 3.41. The van der Waals surface area contributed by atoms with Crippen molar-refractivity contribution in [1.82, 2.24) is 9.58 Å². The van der Waals surface area contributed by atoms with Gasteiger partial charge in [0.2, 0.25) is 0 Å². The second kappa shape index (κ2) is 8.10. The SMILES string of the molecule is COc1ccc2c(c1)CCc1ccccc1C2N1CN(C(C)C)C(=O)c2c(C)c(=O)ccn21. The lowest BCUT2D eigenvalue weighted by Crippen LogP contribution is -2.57. The number of carbonyl (C=O) groups is 1. The van der Waals surface area contributed by atoms with Crippen LogP contribution in [-0.2, 0) is 12.8 Å². The predicted molar refractivity (Wildman–Crippen MR) is 129 cm³/mol. The number of nitrogens with zero attached hydrogens (tertiary/aromatic N) is 3. The van der Waals surface area contributed by atoms with Crippen molar-refractivity contribution in [2.45, 2.75) is 45.7 Å². The molecule has 1 aliphatic carbocycles.